The highest BCUT2D eigenvalue weighted by Gasteiger charge is 2.36. The predicted molar refractivity (Wildman–Crippen MR) is 87.8 cm³/mol. The van der Waals surface area contributed by atoms with E-state index in [2.05, 4.69) is 5.32 Å². The third-order valence-electron chi connectivity index (χ3n) is 4.38. The lowest BCUT2D eigenvalue weighted by molar-refractivity contribution is -0.148. The van der Waals surface area contributed by atoms with Crippen molar-refractivity contribution in [2.75, 3.05) is 25.1 Å². The molecule has 1 aliphatic heterocycles. The Labute approximate surface area is 140 Å². The number of nitrogens with one attached hydrogen (secondary N) is 1. The highest BCUT2D eigenvalue weighted by atomic mass is 16.5. The van der Waals surface area contributed by atoms with Crippen molar-refractivity contribution in [2.24, 2.45) is 5.92 Å². The summed E-state index contributed by atoms with van der Waals surface area (Å²) >= 11 is 0. The van der Waals surface area contributed by atoms with Gasteiger partial charge in [0.15, 0.2) is 6.10 Å². The highest BCUT2D eigenvalue weighted by molar-refractivity contribution is 6.01. The smallest absolute Gasteiger partial charge is 0.334 e. The number of hydrogen-bond donors (Lipinski definition) is 2. The SMILES string of the molecule is COC(CNC(=O)C1CC(=O)N(c2cccc(C)c2C)C1)C(=O)O. The minimum Gasteiger partial charge on any atom is -0.479 e. The van der Waals surface area contributed by atoms with E-state index in [1.54, 1.807) is 4.90 Å². The Morgan fingerprint density at radius 1 is 1.42 bits per heavy atom. The quantitative estimate of drug-likeness (QED) is 0.805. The molecule has 2 atom stereocenters. The van der Waals surface area contributed by atoms with Crippen LogP contribution in [0.25, 0.3) is 0 Å². The summed E-state index contributed by atoms with van der Waals surface area (Å²) in [6, 6.07) is 5.72. The van der Waals surface area contributed by atoms with Crippen LogP contribution >= 0.6 is 0 Å². The Morgan fingerprint density at radius 2 is 2.12 bits per heavy atom. The summed E-state index contributed by atoms with van der Waals surface area (Å²) in [5.74, 6) is -2.08. The topological polar surface area (TPSA) is 95.9 Å². The molecule has 1 aliphatic rings. The number of rotatable bonds is 6. The van der Waals surface area contributed by atoms with Crippen molar-refractivity contribution in [3.05, 3.63) is 29.3 Å². The number of benzene rings is 1. The maximum absolute atomic E-state index is 12.3. The number of carbonyl (C=O) groups excluding carboxylic acids is 2. The average molecular weight is 334 g/mol. The second-order valence-corrected chi connectivity index (χ2v) is 5.93. The van der Waals surface area contributed by atoms with Crippen molar-refractivity contribution < 1.29 is 24.2 Å². The molecule has 0 aromatic heterocycles. The summed E-state index contributed by atoms with van der Waals surface area (Å²) < 4.78 is 4.77. The van der Waals surface area contributed by atoms with Crippen molar-refractivity contribution in [3.8, 4) is 0 Å². The lowest BCUT2D eigenvalue weighted by atomic mass is 10.1. The molecule has 1 aromatic carbocycles. The number of anilines is 1. The van der Waals surface area contributed by atoms with Gasteiger partial charge < -0.3 is 20.1 Å². The molecule has 0 spiro atoms. The summed E-state index contributed by atoms with van der Waals surface area (Å²) in [7, 11) is 1.27. The summed E-state index contributed by atoms with van der Waals surface area (Å²) in [6.45, 7) is 4.08. The first-order valence-electron chi connectivity index (χ1n) is 7.75. The van der Waals surface area contributed by atoms with Gasteiger partial charge in [0.05, 0.1) is 12.5 Å². The number of carbonyl (C=O) groups is 3. The Hall–Kier alpha value is -2.41. The van der Waals surface area contributed by atoms with E-state index in [1.165, 1.54) is 7.11 Å². The van der Waals surface area contributed by atoms with E-state index in [0.717, 1.165) is 16.8 Å². The van der Waals surface area contributed by atoms with E-state index >= 15 is 0 Å². The molecule has 130 valence electrons. The number of aliphatic carboxylic acids is 1. The third-order valence-corrected chi connectivity index (χ3v) is 4.38. The van der Waals surface area contributed by atoms with Gasteiger partial charge in [-0.1, -0.05) is 12.1 Å². The molecule has 1 heterocycles. The molecular formula is C17H22N2O5. The van der Waals surface area contributed by atoms with Crippen molar-refractivity contribution in [1.29, 1.82) is 0 Å². The summed E-state index contributed by atoms with van der Waals surface area (Å²) in [5, 5.41) is 11.5. The lowest BCUT2D eigenvalue weighted by Gasteiger charge is -2.20. The van der Waals surface area contributed by atoms with Crippen LogP contribution in [0.15, 0.2) is 18.2 Å². The molecule has 1 fully saturated rings. The Kier molecular flexibility index (Phi) is 5.56. The van der Waals surface area contributed by atoms with Crippen LogP contribution in [0.5, 0.6) is 0 Å². The zero-order valence-corrected chi connectivity index (χ0v) is 14.0. The van der Waals surface area contributed by atoms with Crippen LogP contribution in [0, 0.1) is 19.8 Å². The minimum absolute atomic E-state index is 0.106. The van der Waals surface area contributed by atoms with E-state index in [9.17, 15) is 14.4 Å². The molecule has 0 aliphatic carbocycles. The first kappa shape index (κ1) is 17.9. The van der Waals surface area contributed by atoms with E-state index in [1.807, 2.05) is 32.0 Å². The van der Waals surface area contributed by atoms with Crippen LogP contribution < -0.4 is 10.2 Å². The molecule has 2 rings (SSSR count). The van der Waals surface area contributed by atoms with Crippen molar-refractivity contribution >= 4 is 23.5 Å². The molecule has 7 heteroatoms. The van der Waals surface area contributed by atoms with Crippen LogP contribution in [0.1, 0.15) is 17.5 Å². The summed E-state index contributed by atoms with van der Waals surface area (Å²) in [6.07, 6.45) is -0.981. The third kappa shape index (κ3) is 3.73. The predicted octanol–water partition coefficient (Wildman–Crippen LogP) is 0.872. The number of amides is 2. The van der Waals surface area contributed by atoms with E-state index in [4.69, 9.17) is 9.84 Å². The molecular weight excluding hydrogens is 312 g/mol. The monoisotopic (exact) mass is 334 g/mol. The molecule has 1 aromatic rings. The first-order valence-corrected chi connectivity index (χ1v) is 7.75. The van der Waals surface area contributed by atoms with E-state index in [-0.39, 0.29) is 24.8 Å². The molecule has 0 saturated carbocycles. The van der Waals surface area contributed by atoms with Gasteiger partial charge in [-0.15, -0.1) is 0 Å². The van der Waals surface area contributed by atoms with Gasteiger partial charge in [0.25, 0.3) is 0 Å². The van der Waals surface area contributed by atoms with Crippen LogP contribution in [0.2, 0.25) is 0 Å². The van der Waals surface area contributed by atoms with Crippen molar-refractivity contribution in [1.82, 2.24) is 5.32 Å². The fourth-order valence-electron chi connectivity index (χ4n) is 2.75. The number of methoxy groups -OCH3 is 1. The Bertz CT molecular complexity index is 658. The van der Waals surface area contributed by atoms with Crippen LogP contribution in [-0.4, -0.2) is 49.2 Å². The van der Waals surface area contributed by atoms with Gasteiger partial charge in [0.2, 0.25) is 11.8 Å². The molecule has 2 amide bonds. The molecule has 24 heavy (non-hydrogen) atoms. The minimum atomic E-state index is -1.14. The Morgan fingerprint density at radius 3 is 2.75 bits per heavy atom. The largest absolute Gasteiger partial charge is 0.479 e. The number of aryl methyl sites for hydroxylation is 1. The van der Waals surface area contributed by atoms with Crippen molar-refractivity contribution in [3.63, 3.8) is 0 Å². The first-order chi connectivity index (χ1) is 11.3. The zero-order chi connectivity index (χ0) is 17.9. The number of nitrogens with zero attached hydrogens (tertiary/aromatic N) is 1. The second-order valence-electron chi connectivity index (χ2n) is 5.93. The van der Waals surface area contributed by atoms with E-state index < -0.39 is 18.0 Å². The zero-order valence-electron chi connectivity index (χ0n) is 14.0. The van der Waals surface area contributed by atoms with Gasteiger partial charge in [0.1, 0.15) is 0 Å². The highest BCUT2D eigenvalue weighted by Crippen LogP contribution is 2.29. The molecule has 0 bridgehead atoms. The van der Waals surface area contributed by atoms with Gasteiger partial charge in [-0.2, -0.15) is 0 Å². The maximum atomic E-state index is 12.3. The van der Waals surface area contributed by atoms with Gasteiger partial charge >= 0.3 is 5.97 Å². The molecule has 1 saturated heterocycles. The Balaban J connectivity index is 2.02. The van der Waals surface area contributed by atoms with Crippen LogP contribution in [0.4, 0.5) is 5.69 Å². The maximum Gasteiger partial charge on any atom is 0.334 e. The van der Waals surface area contributed by atoms with Crippen LogP contribution in [-0.2, 0) is 19.1 Å². The molecule has 2 unspecified atom stereocenters. The number of carboxylic acid groups (broad SMARTS) is 1. The van der Waals surface area contributed by atoms with Crippen molar-refractivity contribution in [2.45, 2.75) is 26.4 Å². The number of hydrogen-bond acceptors (Lipinski definition) is 4. The number of carboxylic acids is 1. The summed E-state index contributed by atoms with van der Waals surface area (Å²) in [5.41, 5.74) is 2.91. The molecule has 0 radical (unpaired) electrons. The molecule has 7 nitrogen and oxygen atoms in total. The van der Waals surface area contributed by atoms with Gasteiger partial charge in [-0.05, 0) is 31.0 Å². The average Bonchev–Trinajstić information content (AvgIpc) is 2.92. The summed E-state index contributed by atoms with van der Waals surface area (Å²) in [4.78, 5) is 37.0. The van der Waals surface area contributed by atoms with E-state index in [0.29, 0.717) is 6.54 Å². The normalized spacial score (nSPS) is 18.5. The van der Waals surface area contributed by atoms with Gasteiger partial charge in [0, 0.05) is 25.8 Å². The fourth-order valence-corrected chi connectivity index (χ4v) is 2.75. The lowest BCUT2D eigenvalue weighted by Crippen LogP contribution is -2.41. The van der Waals surface area contributed by atoms with Crippen LogP contribution in [0.3, 0.4) is 0 Å². The number of ether oxygens (including phenoxy) is 1. The second kappa shape index (κ2) is 7.44. The molecule has 2 N–H and O–H groups in total. The van der Waals surface area contributed by atoms with Gasteiger partial charge in [-0.3, -0.25) is 9.59 Å². The van der Waals surface area contributed by atoms with Gasteiger partial charge in [-0.25, -0.2) is 4.79 Å². The standard InChI is InChI=1S/C17H22N2O5/c1-10-5-4-6-13(11(10)2)19-9-12(7-15(19)20)16(21)18-8-14(24-3)17(22)23/h4-6,12,14H,7-9H2,1-3H3,(H,18,21)(H,22,23). The fraction of sp³-hybridized carbons (Fsp3) is 0.471.